The molecular weight excluding hydrogens is 152 g/mol. The third-order valence-corrected chi connectivity index (χ3v) is 1.65. The molecule has 12 heavy (non-hydrogen) atoms. The van der Waals surface area contributed by atoms with Gasteiger partial charge in [-0.3, -0.25) is 0 Å². The van der Waals surface area contributed by atoms with Crippen LogP contribution in [0.5, 0.6) is 0 Å². The summed E-state index contributed by atoms with van der Waals surface area (Å²) in [6.45, 7) is 4.67. The molecule has 0 aliphatic heterocycles. The van der Waals surface area contributed by atoms with E-state index in [1.165, 1.54) is 12.8 Å². The maximum Gasteiger partial charge on any atom is 0.0636 e. The van der Waals surface area contributed by atoms with E-state index in [1.54, 1.807) is 6.92 Å². The second kappa shape index (κ2) is 7.53. The summed E-state index contributed by atoms with van der Waals surface area (Å²) >= 11 is 0. The summed E-state index contributed by atoms with van der Waals surface area (Å²) in [4.78, 5) is 2.19. The van der Waals surface area contributed by atoms with Crippen LogP contribution < -0.4 is 5.32 Å². The van der Waals surface area contributed by atoms with Gasteiger partial charge in [-0.2, -0.15) is 0 Å². The van der Waals surface area contributed by atoms with Crippen molar-refractivity contribution in [2.45, 2.75) is 25.9 Å². The number of nitrogens with one attached hydrogen (secondary N) is 1. The maximum atomic E-state index is 8.93. The number of hydrogen-bond donors (Lipinski definition) is 2. The number of rotatable bonds is 7. The highest BCUT2D eigenvalue weighted by molar-refractivity contribution is 4.53. The minimum Gasteiger partial charge on any atom is -0.392 e. The van der Waals surface area contributed by atoms with E-state index < -0.39 is 0 Å². The van der Waals surface area contributed by atoms with Gasteiger partial charge in [0, 0.05) is 6.54 Å². The maximum absolute atomic E-state index is 8.93. The van der Waals surface area contributed by atoms with Crippen molar-refractivity contribution >= 4 is 0 Å². The Morgan fingerprint density at radius 3 is 2.50 bits per heavy atom. The summed E-state index contributed by atoms with van der Waals surface area (Å²) in [5.74, 6) is 0. The number of aliphatic hydroxyl groups is 1. The average Bonchev–Trinajstić information content (AvgIpc) is 1.95. The molecular formula is C9H22N2O. The van der Waals surface area contributed by atoms with Crippen LogP contribution in [0.25, 0.3) is 0 Å². The Hall–Kier alpha value is -0.120. The van der Waals surface area contributed by atoms with Crippen LogP contribution in [0.2, 0.25) is 0 Å². The molecule has 0 aromatic rings. The van der Waals surface area contributed by atoms with Crippen LogP contribution in [0, 0.1) is 0 Å². The molecule has 0 aliphatic carbocycles. The van der Waals surface area contributed by atoms with Gasteiger partial charge >= 0.3 is 0 Å². The fourth-order valence-corrected chi connectivity index (χ4v) is 0.989. The first-order valence-electron chi connectivity index (χ1n) is 4.66. The summed E-state index contributed by atoms with van der Waals surface area (Å²) in [5, 5.41) is 12.1. The molecule has 1 atom stereocenters. The monoisotopic (exact) mass is 174 g/mol. The fraction of sp³-hybridized carbons (Fsp3) is 1.00. The van der Waals surface area contributed by atoms with Gasteiger partial charge in [-0.05, 0) is 47.0 Å². The molecule has 0 heterocycles. The van der Waals surface area contributed by atoms with Crippen molar-refractivity contribution in [2.24, 2.45) is 0 Å². The standard InChI is InChI=1S/C9H22N2O/c1-9(12)8-10-6-4-5-7-11(2)3/h9-10,12H,4-8H2,1-3H3/t9-/m1/s1. The lowest BCUT2D eigenvalue weighted by Crippen LogP contribution is -2.25. The summed E-state index contributed by atoms with van der Waals surface area (Å²) in [6.07, 6.45) is 2.18. The lowest BCUT2D eigenvalue weighted by molar-refractivity contribution is 0.191. The number of nitrogens with zero attached hydrogens (tertiary/aromatic N) is 1. The van der Waals surface area contributed by atoms with E-state index in [0.29, 0.717) is 6.54 Å². The van der Waals surface area contributed by atoms with Crippen LogP contribution >= 0.6 is 0 Å². The van der Waals surface area contributed by atoms with Gasteiger partial charge in [0.15, 0.2) is 0 Å². The van der Waals surface area contributed by atoms with Crippen molar-refractivity contribution < 1.29 is 5.11 Å². The van der Waals surface area contributed by atoms with Crippen molar-refractivity contribution in [3.05, 3.63) is 0 Å². The van der Waals surface area contributed by atoms with E-state index in [2.05, 4.69) is 24.3 Å². The van der Waals surface area contributed by atoms with Gasteiger partial charge in [0.2, 0.25) is 0 Å². The lowest BCUT2D eigenvalue weighted by Gasteiger charge is -2.09. The summed E-state index contributed by atoms with van der Waals surface area (Å²) in [7, 11) is 4.17. The van der Waals surface area contributed by atoms with Gasteiger partial charge in [-0.15, -0.1) is 0 Å². The summed E-state index contributed by atoms with van der Waals surface area (Å²) < 4.78 is 0. The molecule has 2 N–H and O–H groups in total. The van der Waals surface area contributed by atoms with E-state index in [4.69, 9.17) is 5.11 Å². The Kier molecular flexibility index (Phi) is 7.45. The summed E-state index contributed by atoms with van der Waals surface area (Å²) in [5.41, 5.74) is 0. The fourth-order valence-electron chi connectivity index (χ4n) is 0.989. The molecule has 0 saturated heterocycles. The van der Waals surface area contributed by atoms with Crippen molar-refractivity contribution in [3.63, 3.8) is 0 Å². The second-order valence-electron chi connectivity index (χ2n) is 3.56. The van der Waals surface area contributed by atoms with Gasteiger partial charge < -0.3 is 15.3 Å². The molecule has 3 heteroatoms. The Labute approximate surface area is 75.8 Å². The smallest absolute Gasteiger partial charge is 0.0636 e. The Morgan fingerprint density at radius 2 is 2.00 bits per heavy atom. The lowest BCUT2D eigenvalue weighted by atomic mass is 10.3. The van der Waals surface area contributed by atoms with Crippen LogP contribution in [0.3, 0.4) is 0 Å². The van der Waals surface area contributed by atoms with Gasteiger partial charge in [0.05, 0.1) is 6.10 Å². The molecule has 74 valence electrons. The molecule has 0 amide bonds. The third kappa shape index (κ3) is 9.88. The van der Waals surface area contributed by atoms with Gasteiger partial charge in [-0.25, -0.2) is 0 Å². The molecule has 3 nitrogen and oxygen atoms in total. The largest absolute Gasteiger partial charge is 0.392 e. The van der Waals surface area contributed by atoms with Crippen LogP contribution in [-0.2, 0) is 0 Å². The number of hydrogen-bond acceptors (Lipinski definition) is 3. The predicted octanol–water partition coefficient (Wildman–Crippen LogP) is 0.299. The highest BCUT2D eigenvalue weighted by atomic mass is 16.3. The topological polar surface area (TPSA) is 35.5 Å². The summed E-state index contributed by atoms with van der Waals surface area (Å²) in [6, 6.07) is 0. The quantitative estimate of drug-likeness (QED) is 0.545. The molecule has 0 unspecified atom stereocenters. The number of aliphatic hydroxyl groups excluding tert-OH is 1. The SMILES string of the molecule is C[C@@H](O)CNCCCCN(C)C. The molecule has 0 bridgehead atoms. The Bertz CT molecular complexity index is 82.5. The molecule has 0 spiro atoms. The van der Waals surface area contributed by atoms with E-state index in [-0.39, 0.29) is 6.10 Å². The predicted molar refractivity (Wildman–Crippen MR) is 52.3 cm³/mol. The molecule has 0 radical (unpaired) electrons. The van der Waals surface area contributed by atoms with Crippen LogP contribution in [-0.4, -0.2) is 49.8 Å². The second-order valence-corrected chi connectivity index (χ2v) is 3.56. The van der Waals surface area contributed by atoms with Crippen LogP contribution in [0.4, 0.5) is 0 Å². The van der Waals surface area contributed by atoms with E-state index in [9.17, 15) is 0 Å². The highest BCUT2D eigenvalue weighted by Gasteiger charge is 1.94. The first-order chi connectivity index (χ1) is 5.63. The van der Waals surface area contributed by atoms with Gasteiger partial charge in [0.25, 0.3) is 0 Å². The minimum absolute atomic E-state index is 0.223. The molecule has 0 saturated carbocycles. The molecule has 0 rings (SSSR count). The van der Waals surface area contributed by atoms with Crippen LogP contribution in [0.1, 0.15) is 19.8 Å². The first-order valence-corrected chi connectivity index (χ1v) is 4.66. The Morgan fingerprint density at radius 1 is 1.33 bits per heavy atom. The van der Waals surface area contributed by atoms with Crippen molar-refractivity contribution in [2.75, 3.05) is 33.7 Å². The first kappa shape index (κ1) is 11.9. The highest BCUT2D eigenvalue weighted by Crippen LogP contribution is 1.88. The van der Waals surface area contributed by atoms with Gasteiger partial charge in [-0.1, -0.05) is 0 Å². The van der Waals surface area contributed by atoms with Crippen molar-refractivity contribution in [1.29, 1.82) is 0 Å². The molecule has 0 fully saturated rings. The van der Waals surface area contributed by atoms with Crippen LogP contribution in [0.15, 0.2) is 0 Å². The molecule has 0 aliphatic rings. The zero-order chi connectivity index (χ0) is 9.40. The third-order valence-electron chi connectivity index (χ3n) is 1.65. The molecule has 0 aromatic heterocycles. The average molecular weight is 174 g/mol. The zero-order valence-corrected chi connectivity index (χ0v) is 8.51. The van der Waals surface area contributed by atoms with E-state index in [1.807, 2.05) is 0 Å². The van der Waals surface area contributed by atoms with E-state index >= 15 is 0 Å². The van der Waals surface area contributed by atoms with Crippen molar-refractivity contribution in [3.8, 4) is 0 Å². The van der Waals surface area contributed by atoms with E-state index in [0.717, 1.165) is 13.1 Å². The van der Waals surface area contributed by atoms with Crippen molar-refractivity contribution in [1.82, 2.24) is 10.2 Å². The number of unbranched alkanes of at least 4 members (excludes halogenated alkanes) is 1. The van der Waals surface area contributed by atoms with Gasteiger partial charge in [0.1, 0.15) is 0 Å². The normalized spacial score (nSPS) is 13.8. The zero-order valence-electron chi connectivity index (χ0n) is 8.51. The molecule has 0 aromatic carbocycles. The minimum atomic E-state index is -0.223. The Balaban J connectivity index is 2.91.